The molecule has 3 aromatic carbocycles. The summed E-state index contributed by atoms with van der Waals surface area (Å²) < 4.78 is 11.1. The van der Waals surface area contributed by atoms with Crippen LogP contribution in [-0.2, 0) is 0 Å². The van der Waals surface area contributed by atoms with Crippen molar-refractivity contribution in [1.29, 1.82) is 0 Å². The van der Waals surface area contributed by atoms with Crippen LogP contribution in [0.25, 0.3) is 6.08 Å². The number of rotatable bonds is 5. The summed E-state index contributed by atoms with van der Waals surface area (Å²) in [6.45, 7) is 3.68. The molecule has 0 unspecified atom stereocenters. The Hall–Kier alpha value is -3.60. The van der Waals surface area contributed by atoms with Crippen LogP contribution in [0.5, 0.6) is 40.2 Å². The zero-order valence-corrected chi connectivity index (χ0v) is 13.2. The molecule has 3 N–H and O–H groups in total. The van der Waals surface area contributed by atoms with Crippen LogP contribution in [0.3, 0.4) is 0 Å². The molecule has 0 radical (unpaired) electrons. The summed E-state index contributed by atoms with van der Waals surface area (Å²) in [7, 11) is 0. The van der Waals surface area contributed by atoms with E-state index in [4.69, 9.17) is 9.47 Å². The number of hydrogen-bond donors (Lipinski definition) is 3. The van der Waals surface area contributed by atoms with Crippen molar-refractivity contribution < 1.29 is 24.8 Å². The Morgan fingerprint density at radius 1 is 0.680 bits per heavy atom. The van der Waals surface area contributed by atoms with Gasteiger partial charge < -0.3 is 24.8 Å². The van der Waals surface area contributed by atoms with Gasteiger partial charge in [-0.2, -0.15) is 0 Å². The maximum Gasteiger partial charge on any atom is 0.173 e. The van der Waals surface area contributed by atoms with Gasteiger partial charge in [-0.15, -0.1) is 0 Å². The molecular weight excluding hydrogens is 320 g/mol. The first-order chi connectivity index (χ1) is 12.0. The average Bonchev–Trinajstić information content (AvgIpc) is 2.62. The predicted octanol–water partition coefficient (Wildman–Crippen LogP) is 5.03. The van der Waals surface area contributed by atoms with E-state index in [2.05, 4.69) is 6.58 Å². The molecule has 0 spiro atoms. The Labute approximate surface area is 144 Å². The molecule has 0 aliphatic rings. The van der Waals surface area contributed by atoms with Crippen molar-refractivity contribution in [3.63, 3.8) is 0 Å². The first kappa shape index (κ1) is 16.3. The van der Waals surface area contributed by atoms with Crippen molar-refractivity contribution >= 4 is 6.08 Å². The van der Waals surface area contributed by atoms with Gasteiger partial charge in [0.25, 0.3) is 0 Å². The third-order valence-corrected chi connectivity index (χ3v) is 3.45. The fourth-order valence-corrected chi connectivity index (χ4v) is 2.14. The average molecular weight is 336 g/mol. The number of phenolic OH excluding ortho intramolecular Hbond substituents is 3. The van der Waals surface area contributed by atoms with Gasteiger partial charge in [0.15, 0.2) is 23.0 Å². The first-order valence-electron chi connectivity index (χ1n) is 7.48. The maximum atomic E-state index is 10.1. The highest BCUT2D eigenvalue weighted by Crippen LogP contribution is 2.41. The van der Waals surface area contributed by atoms with Gasteiger partial charge >= 0.3 is 0 Å². The van der Waals surface area contributed by atoms with Crippen molar-refractivity contribution in [3.05, 3.63) is 72.8 Å². The monoisotopic (exact) mass is 336 g/mol. The molecule has 5 heteroatoms. The summed E-state index contributed by atoms with van der Waals surface area (Å²) in [5.74, 6) is 0.807. The summed E-state index contributed by atoms with van der Waals surface area (Å²) in [6, 6.07) is 15.6. The quantitative estimate of drug-likeness (QED) is 0.569. The molecule has 0 bridgehead atoms. The minimum Gasteiger partial charge on any atom is -0.508 e. The largest absolute Gasteiger partial charge is 0.508 e. The van der Waals surface area contributed by atoms with Gasteiger partial charge in [0.2, 0.25) is 0 Å². The summed E-state index contributed by atoms with van der Waals surface area (Å²) in [5, 5.41) is 29.5. The molecule has 0 amide bonds. The van der Waals surface area contributed by atoms with Crippen LogP contribution in [0.2, 0.25) is 0 Å². The van der Waals surface area contributed by atoms with E-state index in [9.17, 15) is 15.3 Å². The molecule has 0 aromatic heterocycles. The minimum absolute atomic E-state index is 0.0672. The molecule has 25 heavy (non-hydrogen) atoms. The molecule has 3 rings (SSSR count). The van der Waals surface area contributed by atoms with E-state index in [-0.39, 0.29) is 28.7 Å². The first-order valence-corrected chi connectivity index (χ1v) is 7.48. The number of ether oxygens (including phenoxy) is 2. The van der Waals surface area contributed by atoms with Gasteiger partial charge in [-0.1, -0.05) is 24.8 Å². The second-order valence-corrected chi connectivity index (χ2v) is 5.26. The molecule has 5 nitrogen and oxygen atoms in total. The predicted molar refractivity (Wildman–Crippen MR) is 94.6 cm³/mol. The summed E-state index contributed by atoms with van der Waals surface area (Å²) >= 11 is 0. The van der Waals surface area contributed by atoms with E-state index < -0.39 is 0 Å². The van der Waals surface area contributed by atoms with E-state index in [1.165, 1.54) is 36.4 Å². The minimum atomic E-state index is -0.191. The molecular formula is C20H16O5. The van der Waals surface area contributed by atoms with Gasteiger partial charge in [0, 0.05) is 12.1 Å². The maximum absolute atomic E-state index is 10.1. The summed E-state index contributed by atoms with van der Waals surface area (Å²) in [4.78, 5) is 0. The van der Waals surface area contributed by atoms with E-state index in [1.54, 1.807) is 18.2 Å². The van der Waals surface area contributed by atoms with Gasteiger partial charge in [0.1, 0.15) is 17.2 Å². The Balaban J connectivity index is 1.81. The Bertz CT molecular complexity index is 883. The van der Waals surface area contributed by atoms with Crippen LogP contribution in [0.4, 0.5) is 0 Å². The van der Waals surface area contributed by atoms with Crippen LogP contribution in [-0.4, -0.2) is 15.3 Å². The fraction of sp³-hybridized carbons (Fsp3) is 0. The lowest BCUT2D eigenvalue weighted by atomic mass is 10.2. The SMILES string of the molecule is C=Cc1ccc(Oc2cc(O)c(Oc3ccc(O)cc3)cc2O)cc1. The van der Waals surface area contributed by atoms with Crippen molar-refractivity contribution in [2.75, 3.05) is 0 Å². The molecule has 0 aliphatic heterocycles. The number of hydrogen-bond acceptors (Lipinski definition) is 5. The zero-order chi connectivity index (χ0) is 17.8. The van der Waals surface area contributed by atoms with Crippen LogP contribution in [0, 0.1) is 0 Å². The van der Waals surface area contributed by atoms with Gasteiger partial charge in [0.05, 0.1) is 0 Å². The van der Waals surface area contributed by atoms with E-state index in [0.29, 0.717) is 11.5 Å². The lowest BCUT2D eigenvalue weighted by Crippen LogP contribution is -1.89. The third-order valence-electron chi connectivity index (χ3n) is 3.45. The Morgan fingerprint density at radius 2 is 1.12 bits per heavy atom. The topological polar surface area (TPSA) is 79.2 Å². The Kier molecular flexibility index (Phi) is 4.48. The normalized spacial score (nSPS) is 10.2. The second-order valence-electron chi connectivity index (χ2n) is 5.26. The van der Waals surface area contributed by atoms with E-state index >= 15 is 0 Å². The van der Waals surface area contributed by atoms with Crippen LogP contribution >= 0.6 is 0 Å². The highest BCUT2D eigenvalue weighted by atomic mass is 16.5. The van der Waals surface area contributed by atoms with Crippen LogP contribution < -0.4 is 9.47 Å². The third kappa shape index (κ3) is 3.84. The smallest absolute Gasteiger partial charge is 0.173 e. The van der Waals surface area contributed by atoms with Gasteiger partial charge in [-0.05, 0) is 42.0 Å². The summed E-state index contributed by atoms with van der Waals surface area (Å²) in [6.07, 6.45) is 1.71. The molecule has 0 saturated heterocycles. The lowest BCUT2D eigenvalue weighted by Gasteiger charge is -2.12. The highest BCUT2D eigenvalue weighted by molar-refractivity contribution is 5.56. The lowest BCUT2D eigenvalue weighted by molar-refractivity contribution is 0.381. The molecule has 126 valence electrons. The number of aromatic hydroxyl groups is 3. The highest BCUT2D eigenvalue weighted by Gasteiger charge is 2.13. The van der Waals surface area contributed by atoms with E-state index in [1.807, 2.05) is 12.1 Å². The van der Waals surface area contributed by atoms with Crippen molar-refractivity contribution in [2.45, 2.75) is 0 Å². The van der Waals surface area contributed by atoms with Crippen molar-refractivity contribution in [2.24, 2.45) is 0 Å². The summed E-state index contributed by atoms with van der Waals surface area (Å²) in [5.41, 5.74) is 0.942. The van der Waals surface area contributed by atoms with Gasteiger partial charge in [-0.3, -0.25) is 0 Å². The van der Waals surface area contributed by atoms with E-state index in [0.717, 1.165) is 5.56 Å². The molecule has 3 aromatic rings. The molecule has 0 heterocycles. The Morgan fingerprint density at radius 3 is 1.56 bits per heavy atom. The molecule has 0 saturated carbocycles. The number of benzene rings is 3. The zero-order valence-electron chi connectivity index (χ0n) is 13.2. The van der Waals surface area contributed by atoms with Crippen molar-refractivity contribution in [1.82, 2.24) is 0 Å². The van der Waals surface area contributed by atoms with Crippen LogP contribution in [0.15, 0.2) is 67.2 Å². The fourth-order valence-electron chi connectivity index (χ4n) is 2.14. The molecule has 0 fully saturated rings. The number of phenols is 3. The standard InChI is InChI=1S/C20H16O5/c1-2-13-3-7-15(8-4-13)24-19-11-18(23)20(12-17(19)22)25-16-9-5-14(21)6-10-16/h2-12,21-23H,1H2. The second kappa shape index (κ2) is 6.88. The molecule has 0 aliphatic carbocycles. The van der Waals surface area contributed by atoms with Crippen LogP contribution in [0.1, 0.15) is 5.56 Å². The van der Waals surface area contributed by atoms with Gasteiger partial charge in [-0.25, -0.2) is 0 Å². The van der Waals surface area contributed by atoms with Crippen molar-refractivity contribution in [3.8, 4) is 40.2 Å². The molecule has 0 atom stereocenters.